The van der Waals surface area contributed by atoms with Crippen LogP contribution in [0.4, 0.5) is 0 Å². The average Bonchev–Trinajstić information content (AvgIpc) is 2.68. The number of aromatic amines is 1. The standard InChI is InChI=1S/C10H9ClIN3O2/c1-4(9(16)17-2)7-6-5(12)3-13-8(6)15-10(11)14-7/h3-4H,1-2H3,(H,13,14,15). The lowest BCUT2D eigenvalue weighted by atomic mass is 10.1. The lowest BCUT2D eigenvalue weighted by Crippen LogP contribution is -2.13. The molecule has 0 spiro atoms. The quantitative estimate of drug-likeness (QED) is 0.504. The summed E-state index contributed by atoms with van der Waals surface area (Å²) >= 11 is 7.98. The molecule has 7 heteroatoms. The summed E-state index contributed by atoms with van der Waals surface area (Å²) in [5.74, 6) is -0.828. The number of esters is 1. The second-order valence-electron chi connectivity index (χ2n) is 3.48. The highest BCUT2D eigenvalue weighted by molar-refractivity contribution is 14.1. The first-order chi connectivity index (χ1) is 8.04. The van der Waals surface area contributed by atoms with Gasteiger partial charge in [-0.05, 0) is 41.1 Å². The summed E-state index contributed by atoms with van der Waals surface area (Å²) in [4.78, 5) is 22.7. The Hall–Kier alpha value is -0.890. The van der Waals surface area contributed by atoms with Crippen LogP contribution < -0.4 is 0 Å². The number of fused-ring (bicyclic) bond motifs is 1. The topological polar surface area (TPSA) is 67.9 Å². The smallest absolute Gasteiger partial charge is 0.314 e. The third-order valence-electron chi connectivity index (χ3n) is 2.45. The van der Waals surface area contributed by atoms with E-state index >= 15 is 0 Å². The predicted octanol–water partition coefficient (Wildman–Crippen LogP) is 2.49. The van der Waals surface area contributed by atoms with Crippen LogP contribution >= 0.6 is 34.2 Å². The number of aromatic nitrogens is 3. The highest BCUT2D eigenvalue weighted by Gasteiger charge is 2.23. The van der Waals surface area contributed by atoms with Gasteiger partial charge in [-0.3, -0.25) is 4.79 Å². The van der Waals surface area contributed by atoms with Crippen molar-refractivity contribution in [2.75, 3.05) is 7.11 Å². The molecule has 0 aliphatic rings. The van der Waals surface area contributed by atoms with E-state index in [4.69, 9.17) is 16.3 Å². The Morgan fingerprint density at radius 2 is 2.29 bits per heavy atom. The lowest BCUT2D eigenvalue weighted by Gasteiger charge is -2.10. The van der Waals surface area contributed by atoms with Gasteiger partial charge in [-0.25, -0.2) is 4.98 Å². The summed E-state index contributed by atoms with van der Waals surface area (Å²) in [6.45, 7) is 1.73. The maximum Gasteiger partial charge on any atom is 0.314 e. The Morgan fingerprint density at radius 3 is 2.94 bits per heavy atom. The van der Waals surface area contributed by atoms with E-state index in [2.05, 4.69) is 37.5 Å². The highest BCUT2D eigenvalue weighted by atomic mass is 127. The number of halogens is 2. The van der Waals surface area contributed by atoms with Crippen LogP contribution in [0.3, 0.4) is 0 Å². The molecule has 2 heterocycles. The van der Waals surface area contributed by atoms with Crippen molar-refractivity contribution >= 4 is 51.2 Å². The van der Waals surface area contributed by atoms with Crippen molar-refractivity contribution in [2.45, 2.75) is 12.8 Å². The summed E-state index contributed by atoms with van der Waals surface area (Å²) in [6.07, 6.45) is 1.80. The third kappa shape index (κ3) is 2.23. The zero-order valence-corrected chi connectivity index (χ0v) is 12.0. The van der Waals surface area contributed by atoms with Gasteiger partial charge in [-0.2, -0.15) is 4.98 Å². The van der Waals surface area contributed by atoms with E-state index in [-0.39, 0.29) is 11.3 Å². The molecule has 2 aromatic heterocycles. The first-order valence-corrected chi connectivity index (χ1v) is 6.28. The van der Waals surface area contributed by atoms with Crippen molar-refractivity contribution < 1.29 is 9.53 Å². The Labute approximate surface area is 116 Å². The van der Waals surface area contributed by atoms with E-state index in [9.17, 15) is 4.79 Å². The Bertz CT molecular complexity index is 584. The van der Waals surface area contributed by atoms with Crippen LogP contribution in [0.15, 0.2) is 6.20 Å². The molecule has 0 bridgehead atoms. The van der Waals surface area contributed by atoms with Crippen LogP contribution in [0.1, 0.15) is 18.5 Å². The molecular formula is C10H9ClIN3O2. The van der Waals surface area contributed by atoms with Crippen LogP contribution in [-0.4, -0.2) is 28.0 Å². The number of ether oxygens (including phenoxy) is 1. The van der Waals surface area contributed by atoms with Gasteiger partial charge >= 0.3 is 5.97 Å². The molecule has 5 nitrogen and oxygen atoms in total. The summed E-state index contributed by atoms with van der Waals surface area (Å²) in [6, 6.07) is 0. The van der Waals surface area contributed by atoms with Crippen molar-refractivity contribution in [1.82, 2.24) is 15.0 Å². The minimum atomic E-state index is -0.479. The van der Waals surface area contributed by atoms with Gasteiger partial charge in [-0.15, -0.1) is 0 Å². The third-order valence-corrected chi connectivity index (χ3v) is 3.47. The summed E-state index contributed by atoms with van der Waals surface area (Å²) in [5.41, 5.74) is 1.21. The van der Waals surface area contributed by atoms with E-state index in [1.165, 1.54) is 7.11 Å². The zero-order chi connectivity index (χ0) is 12.6. The summed E-state index contributed by atoms with van der Waals surface area (Å²) < 4.78 is 5.66. The van der Waals surface area contributed by atoms with Crippen molar-refractivity contribution in [3.63, 3.8) is 0 Å². The van der Waals surface area contributed by atoms with E-state index in [0.717, 1.165) is 8.96 Å². The number of nitrogens with one attached hydrogen (secondary N) is 1. The predicted molar refractivity (Wildman–Crippen MR) is 72.0 cm³/mol. The molecule has 0 saturated heterocycles. The largest absolute Gasteiger partial charge is 0.469 e. The van der Waals surface area contributed by atoms with Gasteiger partial charge in [0.1, 0.15) is 5.65 Å². The Kier molecular flexibility index (Phi) is 3.53. The molecule has 0 radical (unpaired) electrons. The normalized spacial score (nSPS) is 12.7. The maximum atomic E-state index is 11.6. The fourth-order valence-corrected chi connectivity index (χ4v) is 2.46. The van der Waals surface area contributed by atoms with Crippen LogP contribution in [0.5, 0.6) is 0 Å². The molecule has 0 aliphatic carbocycles. The molecule has 2 rings (SSSR count). The second kappa shape index (κ2) is 4.77. The first-order valence-electron chi connectivity index (χ1n) is 4.82. The fourth-order valence-electron chi connectivity index (χ4n) is 1.60. The van der Waals surface area contributed by atoms with Gasteiger partial charge in [-0.1, -0.05) is 0 Å². The molecule has 0 aromatic carbocycles. The van der Waals surface area contributed by atoms with Crippen molar-refractivity contribution in [2.24, 2.45) is 0 Å². The number of methoxy groups -OCH3 is 1. The number of hydrogen-bond acceptors (Lipinski definition) is 4. The van der Waals surface area contributed by atoms with Crippen molar-refractivity contribution in [3.05, 3.63) is 20.7 Å². The molecule has 1 unspecified atom stereocenters. The second-order valence-corrected chi connectivity index (χ2v) is 4.98. The number of carbonyl (C=O) groups is 1. The van der Waals surface area contributed by atoms with E-state index < -0.39 is 5.92 Å². The molecule has 17 heavy (non-hydrogen) atoms. The van der Waals surface area contributed by atoms with Crippen molar-refractivity contribution in [3.8, 4) is 0 Å². The molecule has 0 aliphatic heterocycles. The van der Waals surface area contributed by atoms with Crippen LogP contribution in [0.25, 0.3) is 11.0 Å². The minimum absolute atomic E-state index is 0.113. The maximum absolute atomic E-state index is 11.6. The molecule has 0 saturated carbocycles. The number of carbonyl (C=O) groups excluding carboxylic acids is 1. The van der Waals surface area contributed by atoms with Crippen LogP contribution in [0.2, 0.25) is 5.28 Å². The zero-order valence-electron chi connectivity index (χ0n) is 9.12. The summed E-state index contributed by atoms with van der Waals surface area (Å²) in [5, 5.41) is 0.925. The SMILES string of the molecule is COC(=O)C(C)c1nc(Cl)nc2[nH]cc(I)c12. The highest BCUT2D eigenvalue weighted by Crippen LogP contribution is 2.28. The van der Waals surface area contributed by atoms with Crippen LogP contribution in [0, 0.1) is 3.57 Å². The lowest BCUT2D eigenvalue weighted by molar-refractivity contribution is -0.142. The molecular weight excluding hydrogens is 356 g/mol. The van der Waals surface area contributed by atoms with Gasteiger partial charge < -0.3 is 9.72 Å². The van der Waals surface area contributed by atoms with Gasteiger partial charge in [0.15, 0.2) is 0 Å². The van der Waals surface area contributed by atoms with Crippen molar-refractivity contribution in [1.29, 1.82) is 0 Å². The number of H-pyrrole nitrogens is 1. The first kappa shape index (κ1) is 12.6. The fraction of sp³-hybridized carbons (Fsp3) is 0.300. The average molecular weight is 366 g/mol. The molecule has 0 fully saturated rings. The van der Waals surface area contributed by atoms with E-state index in [1.54, 1.807) is 13.1 Å². The Balaban J connectivity index is 2.66. The molecule has 2 aromatic rings. The summed E-state index contributed by atoms with van der Waals surface area (Å²) in [7, 11) is 1.35. The number of hydrogen-bond donors (Lipinski definition) is 1. The van der Waals surface area contributed by atoms with Crippen LogP contribution in [-0.2, 0) is 9.53 Å². The molecule has 1 atom stereocenters. The van der Waals surface area contributed by atoms with Gasteiger partial charge in [0, 0.05) is 9.77 Å². The molecule has 1 N–H and O–H groups in total. The van der Waals surface area contributed by atoms with E-state index in [1.807, 2.05) is 0 Å². The number of rotatable bonds is 2. The number of nitrogens with zero attached hydrogens (tertiary/aromatic N) is 2. The minimum Gasteiger partial charge on any atom is -0.469 e. The van der Waals surface area contributed by atoms with Gasteiger partial charge in [0.05, 0.1) is 24.1 Å². The molecule has 90 valence electrons. The molecule has 0 amide bonds. The monoisotopic (exact) mass is 365 g/mol. The van der Waals surface area contributed by atoms with Gasteiger partial charge in [0.2, 0.25) is 5.28 Å². The Morgan fingerprint density at radius 1 is 1.59 bits per heavy atom. The van der Waals surface area contributed by atoms with Gasteiger partial charge in [0.25, 0.3) is 0 Å². The van der Waals surface area contributed by atoms with E-state index in [0.29, 0.717) is 11.3 Å².